The lowest BCUT2D eigenvalue weighted by Crippen LogP contribution is -2.23. The van der Waals surface area contributed by atoms with Crippen molar-refractivity contribution in [2.24, 2.45) is 0 Å². The molecule has 2 aromatic carbocycles. The number of benzene rings is 2. The van der Waals surface area contributed by atoms with Crippen molar-refractivity contribution < 1.29 is 0 Å². The third-order valence-corrected chi connectivity index (χ3v) is 5.73. The molecule has 4 nitrogen and oxygen atoms in total. The van der Waals surface area contributed by atoms with Crippen molar-refractivity contribution in [2.75, 3.05) is 0 Å². The van der Waals surface area contributed by atoms with Crippen LogP contribution in [0.2, 0.25) is 5.02 Å². The Hall–Kier alpha value is -2.50. The van der Waals surface area contributed by atoms with E-state index in [-0.39, 0.29) is 11.0 Å². The van der Waals surface area contributed by atoms with Crippen LogP contribution >= 0.6 is 22.9 Å². The highest BCUT2D eigenvalue weighted by molar-refractivity contribution is 7.15. The first-order chi connectivity index (χ1) is 12.8. The third kappa shape index (κ3) is 3.29. The van der Waals surface area contributed by atoms with E-state index in [0.29, 0.717) is 25.9 Å². The van der Waals surface area contributed by atoms with E-state index in [0.717, 1.165) is 5.56 Å². The highest BCUT2D eigenvalue weighted by Gasteiger charge is 2.16. The highest BCUT2D eigenvalue weighted by Crippen LogP contribution is 2.26. The standard InChI is InChI=1S/C21H18ClN3OS/c1-21(2,3)14-10-8-13(9-11-14)12-17-19(26)25-18(23-24-20(25)27-17)15-6-4-5-7-16(15)22/h4-12H,1-3H3/b17-12+. The summed E-state index contributed by atoms with van der Waals surface area (Å²) in [5.41, 5.74) is 2.91. The minimum atomic E-state index is -0.130. The maximum Gasteiger partial charge on any atom is 0.276 e. The van der Waals surface area contributed by atoms with Crippen LogP contribution in [0.4, 0.5) is 0 Å². The Morgan fingerprint density at radius 3 is 2.41 bits per heavy atom. The molecule has 0 bridgehead atoms. The molecule has 0 spiro atoms. The van der Waals surface area contributed by atoms with Gasteiger partial charge in [-0.3, -0.25) is 4.79 Å². The molecule has 0 atom stereocenters. The molecule has 2 aromatic heterocycles. The highest BCUT2D eigenvalue weighted by atomic mass is 35.5. The van der Waals surface area contributed by atoms with Crippen LogP contribution in [0.15, 0.2) is 53.3 Å². The van der Waals surface area contributed by atoms with Crippen LogP contribution in [0.25, 0.3) is 22.4 Å². The Balaban J connectivity index is 1.83. The summed E-state index contributed by atoms with van der Waals surface area (Å²) in [5.74, 6) is 0.472. The number of hydrogen-bond acceptors (Lipinski definition) is 4. The van der Waals surface area contributed by atoms with Crippen molar-refractivity contribution in [3.63, 3.8) is 0 Å². The zero-order chi connectivity index (χ0) is 19.2. The summed E-state index contributed by atoms with van der Waals surface area (Å²) in [4.78, 5) is 13.5. The first-order valence-corrected chi connectivity index (χ1v) is 9.79. The average molecular weight is 396 g/mol. The summed E-state index contributed by atoms with van der Waals surface area (Å²) in [5, 5.41) is 8.86. The zero-order valence-corrected chi connectivity index (χ0v) is 16.8. The molecule has 27 heavy (non-hydrogen) atoms. The van der Waals surface area contributed by atoms with Gasteiger partial charge in [0.15, 0.2) is 5.82 Å². The van der Waals surface area contributed by atoms with Crippen molar-refractivity contribution in [1.82, 2.24) is 14.6 Å². The maximum atomic E-state index is 12.9. The van der Waals surface area contributed by atoms with Crippen molar-refractivity contribution in [2.45, 2.75) is 26.2 Å². The second-order valence-corrected chi connectivity index (χ2v) is 8.83. The molecule has 0 unspecified atom stereocenters. The number of halogens is 1. The number of rotatable bonds is 2. The molecule has 0 N–H and O–H groups in total. The van der Waals surface area contributed by atoms with Gasteiger partial charge in [-0.15, -0.1) is 10.2 Å². The van der Waals surface area contributed by atoms with Gasteiger partial charge in [0, 0.05) is 5.56 Å². The molecule has 0 amide bonds. The van der Waals surface area contributed by atoms with E-state index in [1.54, 1.807) is 6.07 Å². The van der Waals surface area contributed by atoms with Gasteiger partial charge in [-0.1, -0.05) is 80.1 Å². The van der Waals surface area contributed by atoms with Crippen molar-refractivity contribution >= 4 is 34.0 Å². The van der Waals surface area contributed by atoms with Gasteiger partial charge in [0.1, 0.15) is 0 Å². The van der Waals surface area contributed by atoms with Crippen molar-refractivity contribution in [3.05, 3.63) is 79.6 Å². The molecular formula is C21H18ClN3OS. The fraction of sp³-hybridized carbons (Fsp3) is 0.190. The first kappa shape index (κ1) is 17.9. The molecule has 0 aliphatic rings. The van der Waals surface area contributed by atoms with Crippen LogP contribution in [0.3, 0.4) is 0 Å². The molecule has 4 rings (SSSR count). The normalized spacial score (nSPS) is 12.8. The van der Waals surface area contributed by atoms with Gasteiger partial charge >= 0.3 is 0 Å². The Bertz CT molecular complexity index is 1230. The molecule has 0 radical (unpaired) electrons. The predicted octanol–water partition coefficient (Wildman–Crippen LogP) is 4.32. The molecule has 4 aromatic rings. The molecule has 6 heteroatoms. The van der Waals surface area contributed by atoms with Crippen LogP contribution in [-0.4, -0.2) is 14.6 Å². The second-order valence-electron chi connectivity index (χ2n) is 7.41. The van der Waals surface area contributed by atoms with E-state index < -0.39 is 0 Å². The summed E-state index contributed by atoms with van der Waals surface area (Å²) < 4.78 is 2.15. The minimum Gasteiger partial charge on any atom is -0.267 e. The van der Waals surface area contributed by atoms with Crippen LogP contribution in [0.1, 0.15) is 31.9 Å². The van der Waals surface area contributed by atoms with Gasteiger partial charge in [-0.25, -0.2) is 4.40 Å². The number of fused-ring (bicyclic) bond motifs is 1. The van der Waals surface area contributed by atoms with E-state index in [9.17, 15) is 4.79 Å². The Kier molecular flexibility index (Phi) is 4.36. The predicted molar refractivity (Wildman–Crippen MR) is 112 cm³/mol. The third-order valence-electron chi connectivity index (χ3n) is 4.44. The molecule has 2 heterocycles. The average Bonchev–Trinajstić information content (AvgIpc) is 3.16. The van der Waals surface area contributed by atoms with Gasteiger partial charge in [-0.2, -0.15) is 0 Å². The van der Waals surface area contributed by atoms with E-state index in [1.165, 1.54) is 21.3 Å². The SMILES string of the molecule is CC(C)(C)c1ccc(/C=c2/sc3nnc(-c4ccccc4Cl)n3c2=O)cc1. The lowest BCUT2D eigenvalue weighted by molar-refractivity contribution is 0.590. The number of thiazole rings is 1. The lowest BCUT2D eigenvalue weighted by atomic mass is 9.87. The maximum absolute atomic E-state index is 12.9. The molecular weight excluding hydrogens is 378 g/mol. The van der Waals surface area contributed by atoms with E-state index in [4.69, 9.17) is 11.6 Å². The monoisotopic (exact) mass is 395 g/mol. The molecule has 136 valence electrons. The number of hydrogen-bond donors (Lipinski definition) is 0. The van der Waals surface area contributed by atoms with E-state index in [1.807, 2.05) is 36.4 Å². The largest absolute Gasteiger partial charge is 0.276 e. The van der Waals surface area contributed by atoms with Crippen molar-refractivity contribution in [3.8, 4) is 11.4 Å². The number of nitrogens with zero attached hydrogens (tertiary/aromatic N) is 3. The van der Waals surface area contributed by atoms with Crippen molar-refractivity contribution in [1.29, 1.82) is 0 Å². The van der Waals surface area contributed by atoms with E-state index >= 15 is 0 Å². The number of aromatic nitrogens is 3. The Morgan fingerprint density at radius 2 is 1.74 bits per heavy atom. The molecule has 0 saturated heterocycles. The molecule has 0 fully saturated rings. The van der Waals surface area contributed by atoms with E-state index in [2.05, 4.69) is 43.1 Å². The fourth-order valence-electron chi connectivity index (χ4n) is 2.91. The Morgan fingerprint density at radius 1 is 1.04 bits per heavy atom. The van der Waals surface area contributed by atoms with Gasteiger partial charge in [0.25, 0.3) is 5.56 Å². The van der Waals surface area contributed by atoms with Crippen LogP contribution in [0.5, 0.6) is 0 Å². The van der Waals surface area contributed by atoms with Crippen LogP contribution in [-0.2, 0) is 5.41 Å². The minimum absolute atomic E-state index is 0.0986. The van der Waals surface area contributed by atoms with Crippen LogP contribution in [0, 0.1) is 0 Å². The molecule has 0 aliphatic heterocycles. The van der Waals surface area contributed by atoms with Gasteiger partial charge in [0.2, 0.25) is 4.96 Å². The molecule has 0 saturated carbocycles. The molecule has 0 aliphatic carbocycles. The fourth-order valence-corrected chi connectivity index (χ4v) is 4.04. The summed E-state index contributed by atoms with van der Waals surface area (Å²) >= 11 is 7.60. The zero-order valence-electron chi connectivity index (χ0n) is 15.2. The topological polar surface area (TPSA) is 47.3 Å². The first-order valence-electron chi connectivity index (χ1n) is 8.60. The second kappa shape index (κ2) is 6.59. The van der Waals surface area contributed by atoms with Gasteiger partial charge in [-0.05, 0) is 34.8 Å². The summed E-state index contributed by atoms with van der Waals surface area (Å²) in [6, 6.07) is 15.6. The quantitative estimate of drug-likeness (QED) is 0.508. The summed E-state index contributed by atoms with van der Waals surface area (Å²) in [6.45, 7) is 6.54. The van der Waals surface area contributed by atoms with Gasteiger partial charge < -0.3 is 0 Å². The smallest absolute Gasteiger partial charge is 0.267 e. The van der Waals surface area contributed by atoms with Crippen LogP contribution < -0.4 is 10.1 Å². The summed E-state index contributed by atoms with van der Waals surface area (Å²) in [6.07, 6.45) is 1.89. The van der Waals surface area contributed by atoms with Gasteiger partial charge in [0.05, 0.1) is 9.55 Å². The lowest BCUT2D eigenvalue weighted by Gasteiger charge is -2.18. The summed E-state index contributed by atoms with van der Waals surface area (Å²) in [7, 11) is 0. The Labute approximate surface area is 165 Å².